The molecule has 1 aliphatic heterocycles. The number of nitrogens with one attached hydrogen (secondary N) is 1. The number of halogens is 1. The van der Waals surface area contributed by atoms with E-state index in [0.717, 1.165) is 21.3 Å². The predicted molar refractivity (Wildman–Crippen MR) is 88.6 cm³/mol. The fourth-order valence-electron chi connectivity index (χ4n) is 2.44. The molecule has 0 bridgehead atoms. The molecule has 0 aromatic heterocycles. The predicted octanol–water partition coefficient (Wildman–Crippen LogP) is 3.04. The van der Waals surface area contributed by atoms with Gasteiger partial charge in [0.15, 0.2) is 0 Å². The van der Waals surface area contributed by atoms with Gasteiger partial charge >= 0.3 is 0 Å². The molecule has 116 valence electrons. The van der Waals surface area contributed by atoms with Crippen LogP contribution < -0.4 is 9.46 Å². The molecular formula is C16H16BrNO3S. The van der Waals surface area contributed by atoms with E-state index in [-0.39, 0.29) is 10.9 Å². The maximum Gasteiger partial charge on any atom is 0.240 e. The quantitative estimate of drug-likeness (QED) is 0.888. The lowest BCUT2D eigenvalue weighted by atomic mass is 10.0. The monoisotopic (exact) mass is 381 g/mol. The third kappa shape index (κ3) is 3.34. The highest BCUT2D eigenvalue weighted by Crippen LogP contribution is 2.28. The van der Waals surface area contributed by atoms with Crippen LogP contribution in [0.2, 0.25) is 0 Å². The van der Waals surface area contributed by atoms with E-state index < -0.39 is 10.0 Å². The maximum atomic E-state index is 12.4. The Hall–Kier alpha value is -1.37. The molecule has 0 fully saturated rings. The van der Waals surface area contributed by atoms with E-state index in [1.54, 1.807) is 24.3 Å². The Labute approximate surface area is 138 Å². The summed E-state index contributed by atoms with van der Waals surface area (Å²) in [7, 11) is -3.53. The molecule has 2 aromatic rings. The highest BCUT2D eigenvalue weighted by atomic mass is 79.9. The van der Waals surface area contributed by atoms with Crippen LogP contribution in [0.1, 0.15) is 11.1 Å². The van der Waals surface area contributed by atoms with Gasteiger partial charge in [0.2, 0.25) is 10.0 Å². The van der Waals surface area contributed by atoms with Crippen LogP contribution in [-0.2, 0) is 16.4 Å². The molecule has 22 heavy (non-hydrogen) atoms. The van der Waals surface area contributed by atoms with Crippen molar-refractivity contribution >= 4 is 26.0 Å². The van der Waals surface area contributed by atoms with Gasteiger partial charge in [-0.3, -0.25) is 0 Å². The number of sulfonamides is 1. The molecule has 6 heteroatoms. The summed E-state index contributed by atoms with van der Waals surface area (Å²) in [5.74, 6) is 0.814. The number of aryl methyl sites for hydroxylation is 1. The molecule has 1 N–H and O–H groups in total. The second-order valence-corrected chi connectivity index (χ2v) is 8.03. The van der Waals surface area contributed by atoms with Crippen LogP contribution in [0.5, 0.6) is 5.75 Å². The van der Waals surface area contributed by atoms with Crippen LogP contribution in [-0.4, -0.2) is 21.1 Å². The number of fused-ring (bicyclic) bond motifs is 1. The highest BCUT2D eigenvalue weighted by molar-refractivity contribution is 9.10. The van der Waals surface area contributed by atoms with Crippen molar-refractivity contribution in [2.24, 2.45) is 0 Å². The second-order valence-electron chi connectivity index (χ2n) is 5.40. The van der Waals surface area contributed by atoms with E-state index in [2.05, 4.69) is 20.7 Å². The van der Waals surface area contributed by atoms with Crippen molar-refractivity contribution in [3.8, 4) is 5.75 Å². The number of hydrogen-bond donors (Lipinski definition) is 1. The fraction of sp³-hybridized carbons (Fsp3) is 0.250. The molecule has 2 aromatic carbocycles. The lowest BCUT2D eigenvalue weighted by Crippen LogP contribution is -2.42. The molecule has 1 heterocycles. The van der Waals surface area contributed by atoms with Crippen molar-refractivity contribution in [3.63, 3.8) is 0 Å². The minimum atomic E-state index is -3.53. The first-order valence-corrected chi connectivity index (χ1v) is 9.22. The minimum absolute atomic E-state index is 0.270. The summed E-state index contributed by atoms with van der Waals surface area (Å²) in [5.41, 5.74) is 2.02. The van der Waals surface area contributed by atoms with Gasteiger partial charge in [-0.2, -0.15) is 0 Å². The summed E-state index contributed by atoms with van der Waals surface area (Å²) >= 11 is 3.42. The van der Waals surface area contributed by atoms with E-state index in [1.165, 1.54) is 0 Å². The van der Waals surface area contributed by atoms with E-state index >= 15 is 0 Å². The lowest BCUT2D eigenvalue weighted by Gasteiger charge is -2.26. The Morgan fingerprint density at radius 1 is 1.18 bits per heavy atom. The van der Waals surface area contributed by atoms with Crippen molar-refractivity contribution in [1.29, 1.82) is 0 Å². The zero-order valence-corrected chi connectivity index (χ0v) is 14.4. The molecule has 0 amide bonds. The van der Waals surface area contributed by atoms with Crippen LogP contribution in [0.3, 0.4) is 0 Å². The van der Waals surface area contributed by atoms with Gasteiger partial charge in [0.25, 0.3) is 0 Å². The van der Waals surface area contributed by atoms with Gasteiger partial charge in [-0.05, 0) is 49.2 Å². The molecule has 0 spiro atoms. The van der Waals surface area contributed by atoms with E-state index in [9.17, 15) is 8.42 Å². The topological polar surface area (TPSA) is 55.4 Å². The summed E-state index contributed by atoms with van der Waals surface area (Å²) in [6.45, 7) is 2.26. The van der Waals surface area contributed by atoms with Gasteiger partial charge in [0, 0.05) is 4.47 Å². The van der Waals surface area contributed by atoms with Crippen LogP contribution in [0.4, 0.5) is 0 Å². The Morgan fingerprint density at radius 2 is 1.91 bits per heavy atom. The smallest absolute Gasteiger partial charge is 0.240 e. The molecular weight excluding hydrogens is 366 g/mol. The molecule has 3 rings (SSSR count). The molecule has 4 nitrogen and oxygen atoms in total. The fourth-order valence-corrected chi connectivity index (χ4v) is 4.07. The largest absolute Gasteiger partial charge is 0.492 e. The maximum absolute atomic E-state index is 12.4. The van der Waals surface area contributed by atoms with Crippen LogP contribution in [0.25, 0.3) is 0 Å². The summed E-state index contributed by atoms with van der Waals surface area (Å²) in [5, 5.41) is 0. The number of hydrogen-bond acceptors (Lipinski definition) is 3. The molecule has 0 aliphatic carbocycles. The van der Waals surface area contributed by atoms with E-state index in [0.29, 0.717) is 13.0 Å². The standard InChI is InChI=1S/C16H16BrNO3S/c1-11-2-5-15(6-3-11)22(19,20)18-14-9-12-8-13(17)4-7-16(12)21-10-14/h2-8,14,18H,9-10H2,1H3/t14-/m1/s1. The van der Waals surface area contributed by atoms with Gasteiger partial charge in [0.05, 0.1) is 10.9 Å². The third-order valence-corrected chi connectivity index (χ3v) is 5.61. The summed E-state index contributed by atoms with van der Waals surface area (Å²) in [6, 6.07) is 12.3. The minimum Gasteiger partial charge on any atom is -0.492 e. The normalized spacial score (nSPS) is 17.6. The van der Waals surface area contributed by atoms with Crippen molar-refractivity contribution < 1.29 is 13.2 Å². The Bertz CT molecular complexity index is 788. The van der Waals surface area contributed by atoms with Crippen molar-refractivity contribution in [2.45, 2.75) is 24.3 Å². The molecule has 0 unspecified atom stereocenters. The zero-order chi connectivity index (χ0) is 15.7. The number of ether oxygens (including phenoxy) is 1. The number of rotatable bonds is 3. The third-order valence-electron chi connectivity index (χ3n) is 3.58. The first-order chi connectivity index (χ1) is 10.4. The average molecular weight is 382 g/mol. The molecule has 0 radical (unpaired) electrons. The summed E-state index contributed by atoms with van der Waals surface area (Å²) in [6.07, 6.45) is 0.611. The second kappa shape index (κ2) is 6.02. The first kappa shape index (κ1) is 15.5. The van der Waals surface area contributed by atoms with Crippen molar-refractivity contribution in [1.82, 2.24) is 4.72 Å². The van der Waals surface area contributed by atoms with Crippen molar-refractivity contribution in [2.75, 3.05) is 6.61 Å². The number of benzene rings is 2. The Kier molecular flexibility index (Phi) is 4.25. The van der Waals surface area contributed by atoms with Crippen molar-refractivity contribution in [3.05, 3.63) is 58.1 Å². The average Bonchev–Trinajstić information content (AvgIpc) is 2.47. The van der Waals surface area contributed by atoms with E-state index in [1.807, 2.05) is 25.1 Å². The van der Waals surface area contributed by atoms with E-state index in [4.69, 9.17) is 4.74 Å². The lowest BCUT2D eigenvalue weighted by molar-refractivity contribution is 0.254. The Morgan fingerprint density at radius 3 is 2.64 bits per heavy atom. The molecule has 0 saturated carbocycles. The highest BCUT2D eigenvalue weighted by Gasteiger charge is 2.25. The van der Waals surface area contributed by atoms with Gasteiger partial charge < -0.3 is 4.74 Å². The van der Waals surface area contributed by atoms with Gasteiger partial charge in [-0.15, -0.1) is 0 Å². The van der Waals surface area contributed by atoms with Gasteiger partial charge in [0.1, 0.15) is 12.4 Å². The van der Waals surface area contributed by atoms with Gasteiger partial charge in [-0.1, -0.05) is 33.6 Å². The van der Waals surface area contributed by atoms with Crippen LogP contribution in [0.15, 0.2) is 51.8 Å². The molecule has 1 atom stereocenters. The molecule has 1 aliphatic rings. The molecule has 0 saturated heterocycles. The SMILES string of the molecule is Cc1ccc(S(=O)(=O)N[C@H]2COc3ccc(Br)cc3C2)cc1. The van der Waals surface area contributed by atoms with Crippen LogP contribution >= 0.6 is 15.9 Å². The van der Waals surface area contributed by atoms with Gasteiger partial charge in [-0.25, -0.2) is 13.1 Å². The first-order valence-electron chi connectivity index (χ1n) is 6.94. The van der Waals surface area contributed by atoms with Crippen LogP contribution in [0, 0.1) is 6.92 Å². The zero-order valence-electron chi connectivity index (χ0n) is 12.0. The Balaban J connectivity index is 1.78. The summed E-state index contributed by atoms with van der Waals surface area (Å²) < 4.78 is 34.2. The summed E-state index contributed by atoms with van der Waals surface area (Å²) in [4.78, 5) is 0.276.